The number of hydrogen-bond acceptors (Lipinski definition) is 3. The summed E-state index contributed by atoms with van der Waals surface area (Å²) in [5, 5.41) is 13.8. The summed E-state index contributed by atoms with van der Waals surface area (Å²) in [5.74, 6) is 0.0490. The van der Waals surface area contributed by atoms with E-state index in [1.54, 1.807) is 12.1 Å². The van der Waals surface area contributed by atoms with Gasteiger partial charge in [0.05, 0.1) is 10.7 Å². The maximum absolute atomic E-state index is 9.60. The van der Waals surface area contributed by atoms with Gasteiger partial charge in [-0.1, -0.05) is 11.6 Å². The molecule has 0 aliphatic heterocycles. The summed E-state index contributed by atoms with van der Waals surface area (Å²) in [7, 11) is 0. The lowest BCUT2D eigenvalue weighted by Gasteiger charge is -2.02. The summed E-state index contributed by atoms with van der Waals surface area (Å²) >= 11 is 13.5. The molecule has 0 bridgehead atoms. The highest BCUT2D eigenvalue weighted by Gasteiger charge is 2.05. The molecule has 4 N–H and O–H groups in total. The van der Waals surface area contributed by atoms with E-state index in [4.69, 9.17) is 17.3 Å². The van der Waals surface area contributed by atoms with Crippen molar-refractivity contribution in [2.75, 3.05) is 0 Å². The Morgan fingerprint density at radius 3 is 2.93 bits per heavy atom. The summed E-state index contributed by atoms with van der Waals surface area (Å²) in [5.41, 5.74) is 7.99. The molecule has 0 atom stereocenters. The molecule has 0 saturated carbocycles. The Morgan fingerprint density at radius 1 is 1.67 bits per heavy atom. The largest absolute Gasteiger partial charge is 0.506 e. The van der Waals surface area contributed by atoms with Crippen LogP contribution in [0.5, 0.6) is 5.75 Å². The number of rotatable bonds is 2. The Bertz CT molecular complexity index is 425. The molecule has 0 fully saturated rings. The lowest BCUT2D eigenvalue weighted by Crippen LogP contribution is -2.23. The van der Waals surface area contributed by atoms with Crippen molar-refractivity contribution in [1.29, 1.82) is 0 Å². The van der Waals surface area contributed by atoms with E-state index in [2.05, 4.69) is 38.7 Å². The van der Waals surface area contributed by atoms with Gasteiger partial charge in [-0.2, -0.15) is 5.10 Å². The van der Waals surface area contributed by atoms with Crippen molar-refractivity contribution in [3.8, 4) is 5.75 Å². The van der Waals surface area contributed by atoms with Crippen LogP contribution in [-0.2, 0) is 0 Å². The van der Waals surface area contributed by atoms with Gasteiger partial charge in [0, 0.05) is 10.6 Å². The van der Waals surface area contributed by atoms with Crippen LogP contribution >= 0.6 is 39.7 Å². The lowest BCUT2D eigenvalue weighted by atomic mass is 10.2. The van der Waals surface area contributed by atoms with E-state index in [-0.39, 0.29) is 10.9 Å². The quantitative estimate of drug-likeness (QED) is 0.444. The Hall–Kier alpha value is -0.850. The zero-order valence-corrected chi connectivity index (χ0v) is 10.5. The lowest BCUT2D eigenvalue weighted by molar-refractivity contribution is 0.471. The molecular weight excluding hydrogens is 302 g/mol. The summed E-state index contributed by atoms with van der Waals surface area (Å²) in [6, 6.07) is 3.14. The molecule has 0 spiro atoms. The number of nitrogens with two attached hydrogens (primary N) is 1. The minimum absolute atomic E-state index is 0.0480. The molecule has 7 heteroatoms. The van der Waals surface area contributed by atoms with E-state index in [0.717, 1.165) is 0 Å². The fourth-order valence-corrected chi connectivity index (χ4v) is 1.74. The van der Waals surface area contributed by atoms with Gasteiger partial charge >= 0.3 is 0 Å². The van der Waals surface area contributed by atoms with Crippen LogP contribution in [0.4, 0.5) is 0 Å². The zero-order chi connectivity index (χ0) is 11.4. The first-order chi connectivity index (χ1) is 7.00. The van der Waals surface area contributed by atoms with Crippen LogP contribution in [0.3, 0.4) is 0 Å². The number of phenols is 1. The summed E-state index contributed by atoms with van der Waals surface area (Å²) in [4.78, 5) is 0. The van der Waals surface area contributed by atoms with Gasteiger partial charge in [-0.15, -0.1) is 0 Å². The Balaban J connectivity index is 2.94. The van der Waals surface area contributed by atoms with Crippen LogP contribution in [0.15, 0.2) is 21.7 Å². The highest BCUT2D eigenvalue weighted by molar-refractivity contribution is 9.10. The third kappa shape index (κ3) is 3.65. The normalized spacial score (nSPS) is 10.5. The third-order valence-electron chi connectivity index (χ3n) is 1.44. The van der Waals surface area contributed by atoms with E-state index >= 15 is 0 Å². The molecule has 1 aromatic carbocycles. The van der Waals surface area contributed by atoms with Gasteiger partial charge in [-0.3, -0.25) is 5.43 Å². The standard InChI is InChI=1S/C8H7BrClN3OS/c9-6-2-5(10)1-4(7(6)14)3-12-13-8(11)15/h1-3,14H,(H3,11,13,15). The first kappa shape index (κ1) is 12.2. The topological polar surface area (TPSA) is 70.6 Å². The molecule has 0 aromatic heterocycles. The number of hydrazone groups is 1. The summed E-state index contributed by atoms with van der Waals surface area (Å²) in [6.07, 6.45) is 1.37. The number of aromatic hydroxyl groups is 1. The zero-order valence-electron chi connectivity index (χ0n) is 7.37. The van der Waals surface area contributed by atoms with E-state index < -0.39 is 0 Å². The van der Waals surface area contributed by atoms with Gasteiger partial charge in [-0.25, -0.2) is 0 Å². The number of nitrogens with zero attached hydrogens (tertiary/aromatic N) is 1. The van der Waals surface area contributed by atoms with Crippen molar-refractivity contribution < 1.29 is 5.11 Å². The van der Waals surface area contributed by atoms with Crippen molar-refractivity contribution >= 4 is 51.1 Å². The van der Waals surface area contributed by atoms with Crippen LogP contribution in [-0.4, -0.2) is 16.4 Å². The maximum atomic E-state index is 9.60. The smallest absolute Gasteiger partial charge is 0.184 e. The fraction of sp³-hybridized carbons (Fsp3) is 0. The number of nitrogens with one attached hydrogen (secondary N) is 1. The van der Waals surface area contributed by atoms with Gasteiger partial charge in [0.15, 0.2) is 5.11 Å². The monoisotopic (exact) mass is 307 g/mol. The molecule has 0 aliphatic carbocycles. The van der Waals surface area contributed by atoms with Crippen molar-refractivity contribution in [2.24, 2.45) is 10.8 Å². The predicted octanol–water partition coefficient (Wildman–Crippen LogP) is 1.98. The first-order valence-electron chi connectivity index (χ1n) is 3.77. The van der Waals surface area contributed by atoms with Crippen molar-refractivity contribution in [3.05, 3.63) is 27.2 Å². The Labute approximate surface area is 105 Å². The number of benzene rings is 1. The van der Waals surface area contributed by atoms with Crippen LogP contribution in [0.25, 0.3) is 0 Å². The number of thiocarbonyl (C=S) groups is 1. The second-order valence-corrected chi connectivity index (χ2v) is 4.29. The molecule has 0 saturated heterocycles. The van der Waals surface area contributed by atoms with Crippen molar-refractivity contribution in [3.63, 3.8) is 0 Å². The van der Waals surface area contributed by atoms with Gasteiger partial charge in [-0.05, 0) is 40.3 Å². The second kappa shape index (κ2) is 5.29. The highest BCUT2D eigenvalue weighted by Crippen LogP contribution is 2.30. The summed E-state index contributed by atoms with van der Waals surface area (Å²) < 4.78 is 0.492. The van der Waals surface area contributed by atoms with Gasteiger partial charge < -0.3 is 10.8 Å². The summed E-state index contributed by atoms with van der Waals surface area (Å²) in [6.45, 7) is 0. The van der Waals surface area contributed by atoms with E-state index in [1.165, 1.54) is 6.21 Å². The molecule has 0 heterocycles. The molecule has 0 amide bonds. The van der Waals surface area contributed by atoms with Gasteiger partial charge in [0.2, 0.25) is 0 Å². The average Bonchev–Trinajstić information content (AvgIpc) is 2.12. The Morgan fingerprint density at radius 2 is 2.33 bits per heavy atom. The van der Waals surface area contributed by atoms with Gasteiger partial charge in [0.25, 0.3) is 0 Å². The van der Waals surface area contributed by atoms with Crippen molar-refractivity contribution in [2.45, 2.75) is 0 Å². The molecule has 0 aliphatic rings. The van der Waals surface area contributed by atoms with Crippen LogP contribution in [0.1, 0.15) is 5.56 Å². The predicted molar refractivity (Wildman–Crippen MR) is 68.3 cm³/mol. The molecule has 0 unspecified atom stereocenters. The number of halogens is 2. The first-order valence-corrected chi connectivity index (χ1v) is 5.35. The Kier molecular flexibility index (Phi) is 4.31. The molecule has 80 valence electrons. The van der Waals surface area contributed by atoms with E-state index in [0.29, 0.717) is 15.1 Å². The second-order valence-electron chi connectivity index (χ2n) is 2.56. The van der Waals surface area contributed by atoms with Crippen LogP contribution in [0, 0.1) is 0 Å². The number of phenolic OH excluding ortho intramolecular Hbond substituents is 1. The minimum Gasteiger partial charge on any atom is -0.506 e. The number of hydrogen-bond donors (Lipinski definition) is 3. The minimum atomic E-state index is 0.0480. The van der Waals surface area contributed by atoms with Gasteiger partial charge in [0.1, 0.15) is 5.75 Å². The molecule has 1 aromatic rings. The molecule has 0 radical (unpaired) electrons. The fourth-order valence-electron chi connectivity index (χ4n) is 0.850. The molecule has 1 rings (SSSR count). The SMILES string of the molecule is NC(=S)NN=Cc1cc(Cl)cc(Br)c1O. The van der Waals surface area contributed by atoms with E-state index in [9.17, 15) is 5.11 Å². The molecule has 15 heavy (non-hydrogen) atoms. The molecule has 4 nitrogen and oxygen atoms in total. The van der Waals surface area contributed by atoms with Crippen LogP contribution in [0.2, 0.25) is 5.02 Å². The van der Waals surface area contributed by atoms with Crippen LogP contribution < -0.4 is 11.2 Å². The van der Waals surface area contributed by atoms with E-state index in [1.807, 2.05) is 0 Å². The average molecular weight is 309 g/mol. The highest BCUT2D eigenvalue weighted by atomic mass is 79.9. The third-order valence-corrected chi connectivity index (χ3v) is 2.35. The van der Waals surface area contributed by atoms with Crippen molar-refractivity contribution in [1.82, 2.24) is 5.43 Å². The maximum Gasteiger partial charge on any atom is 0.184 e. The molecular formula is C8H7BrClN3OS.